The molecule has 0 spiro atoms. The zero-order chi connectivity index (χ0) is 15.1. The summed E-state index contributed by atoms with van der Waals surface area (Å²) in [7, 11) is 0. The fourth-order valence-corrected chi connectivity index (χ4v) is 3.28. The van der Waals surface area contributed by atoms with Gasteiger partial charge in [-0.05, 0) is 36.4 Å². The average molecular weight is 314 g/mol. The summed E-state index contributed by atoms with van der Waals surface area (Å²) in [5, 5.41) is 9.52. The van der Waals surface area contributed by atoms with Gasteiger partial charge in [0.2, 0.25) is 6.79 Å². The number of benzene rings is 2. The summed E-state index contributed by atoms with van der Waals surface area (Å²) in [5.41, 5.74) is 3.74. The second-order valence-electron chi connectivity index (χ2n) is 4.71. The molecule has 7 heteroatoms. The van der Waals surface area contributed by atoms with Crippen molar-refractivity contribution in [3.05, 3.63) is 42.0 Å². The van der Waals surface area contributed by atoms with Crippen LogP contribution in [0, 0.1) is 0 Å². The Morgan fingerprint density at radius 2 is 2.05 bits per heavy atom. The van der Waals surface area contributed by atoms with E-state index in [2.05, 4.69) is 4.98 Å². The summed E-state index contributed by atoms with van der Waals surface area (Å²) >= 11 is 1.47. The molecule has 4 rings (SSSR count). The molecule has 6 nitrogen and oxygen atoms in total. The number of hydrogen-bond donors (Lipinski definition) is 2. The minimum atomic E-state index is -0.542. The predicted octanol–water partition coefficient (Wildman–Crippen LogP) is 2.81. The van der Waals surface area contributed by atoms with Crippen LogP contribution in [-0.4, -0.2) is 22.9 Å². The minimum Gasteiger partial charge on any atom is -0.454 e. The number of rotatable bonds is 2. The molecule has 0 saturated carbocycles. The van der Waals surface area contributed by atoms with Gasteiger partial charge in [-0.25, -0.2) is 10.5 Å². The number of amides is 1. The summed E-state index contributed by atoms with van der Waals surface area (Å²) < 4.78 is 11.5. The molecule has 2 N–H and O–H groups in total. The Kier molecular flexibility index (Phi) is 2.95. The third kappa shape index (κ3) is 2.07. The smallest absolute Gasteiger partial charge is 0.274 e. The highest BCUT2D eigenvalue weighted by atomic mass is 32.1. The number of carbonyl (C=O) groups excluding carboxylic acids is 1. The van der Waals surface area contributed by atoms with Gasteiger partial charge in [-0.3, -0.25) is 10.0 Å². The number of hydrogen-bond acceptors (Lipinski definition) is 6. The third-order valence-electron chi connectivity index (χ3n) is 3.37. The first-order valence-corrected chi connectivity index (χ1v) is 7.31. The number of ether oxygens (including phenoxy) is 2. The lowest BCUT2D eigenvalue weighted by molar-refractivity contribution is 0.0706. The van der Waals surface area contributed by atoms with Gasteiger partial charge in [0.05, 0.1) is 10.2 Å². The van der Waals surface area contributed by atoms with Crippen LogP contribution in [0.4, 0.5) is 0 Å². The van der Waals surface area contributed by atoms with Crippen LogP contribution in [0.3, 0.4) is 0 Å². The van der Waals surface area contributed by atoms with E-state index in [0.29, 0.717) is 11.3 Å². The Hall–Kier alpha value is -2.64. The zero-order valence-electron chi connectivity index (χ0n) is 11.2. The number of thiazole rings is 1. The zero-order valence-corrected chi connectivity index (χ0v) is 12.0. The van der Waals surface area contributed by atoms with E-state index in [1.165, 1.54) is 11.3 Å². The van der Waals surface area contributed by atoms with Crippen molar-refractivity contribution < 1.29 is 19.5 Å². The molecular weight excluding hydrogens is 304 g/mol. The molecule has 1 aliphatic rings. The molecule has 2 heterocycles. The fourth-order valence-electron chi connectivity index (χ4n) is 2.28. The Morgan fingerprint density at radius 3 is 2.91 bits per heavy atom. The molecule has 0 bridgehead atoms. The SMILES string of the molecule is O=C(NO)c1ccc2nc(-c3ccc4c(c3)OCO4)sc2c1. The molecule has 0 aliphatic carbocycles. The van der Waals surface area contributed by atoms with Gasteiger partial charge in [0.15, 0.2) is 11.5 Å². The Morgan fingerprint density at radius 1 is 1.18 bits per heavy atom. The molecule has 0 radical (unpaired) electrons. The Balaban J connectivity index is 1.77. The molecule has 0 unspecified atom stereocenters. The maximum Gasteiger partial charge on any atom is 0.274 e. The number of nitrogens with one attached hydrogen (secondary N) is 1. The highest BCUT2D eigenvalue weighted by Crippen LogP contribution is 2.38. The maximum atomic E-state index is 11.5. The third-order valence-corrected chi connectivity index (χ3v) is 4.44. The maximum absolute atomic E-state index is 11.5. The van der Waals surface area contributed by atoms with Gasteiger partial charge in [0, 0.05) is 11.1 Å². The molecule has 1 amide bonds. The lowest BCUT2D eigenvalue weighted by atomic mass is 10.2. The van der Waals surface area contributed by atoms with Crippen LogP contribution in [0.5, 0.6) is 11.5 Å². The van der Waals surface area contributed by atoms with Crippen molar-refractivity contribution in [2.24, 2.45) is 0 Å². The van der Waals surface area contributed by atoms with Crippen LogP contribution in [-0.2, 0) is 0 Å². The highest BCUT2D eigenvalue weighted by Gasteiger charge is 2.16. The van der Waals surface area contributed by atoms with Crippen molar-refractivity contribution in [3.63, 3.8) is 0 Å². The second kappa shape index (κ2) is 4.97. The molecule has 0 atom stereocenters. The van der Waals surface area contributed by atoms with E-state index in [1.807, 2.05) is 18.2 Å². The van der Waals surface area contributed by atoms with Crippen molar-refractivity contribution in [1.82, 2.24) is 10.5 Å². The number of aromatic nitrogens is 1. The van der Waals surface area contributed by atoms with Crippen molar-refractivity contribution in [1.29, 1.82) is 0 Å². The molecule has 0 fully saturated rings. The van der Waals surface area contributed by atoms with Gasteiger partial charge in [-0.15, -0.1) is 11.3 Å². The monoisotopic (exact) mass is 314 g/mol. The largest absolute Gasteiger partial charge is 0.454 e. The van der Waals surface area contributed by atoms with Crippen LogP contribution < -0.4 is 15.0 Å². The second-order valence-corrected chi connectivity index (χ2v) is 5.74. The van der Waals surface area contributed by atoms with Crippen LogP contribution in [0.25, 0.3) is 20.8 Å². The van der Waals surface area contributed by atoms with Crippen molar-refractivity contribution in [2.45, 2.75) is 0 Å². The van der Waals surface area contributed by atoms with E-state index >= 15 is 0 Å². The van der Waals surface area contributed by atoms with E-state index in [9.17, 15) is 4.79 Å². The molecular formula is C15H10N2O4S. The summed E-state index contributed by atoms with van der Waals surface area (Å²) in [5.74, 6) is 0.892. The van der Waals surface area contributed by atoms with Crippen LogP contribution in [0.2, 0.25) is 0 Å². The molecule has 0 saturated heterocycles. The van der Waals surface area contributed by atoms with E-state index in [1.54, 1.807) is 23.7 Å². The Labute approximate surface area is 128 Å². The van der Waals surface area contributed by atoms with Gasteiger partial charge in [-0.2, -0.15) is 0 Å². The van der Waals surface area contributed by atoms with E-state index in [-0.39, 0.29) is 6.79 Å². The minimum absolute atomic E-state index is 0.234. The van der Waals surface area contributed by atoms with Crippen LogP contribution in [0.1, 0.15) is 10.4 Å². The lowest BCUT2D eigenvalue weighted by Gasteiger charge is -1.98. The van der Waals surface area contributed by atoms with Crippen LogP contribution in [0.15, 0.2) is 36.4 Å². The first-order valence-electron chi connectivity index (χ1n) is 6.49. The molecule has 2 aromatic carbocycles. The highest BCUT2D eigenvalue weighted by molar-refractivity contribution is 7.21. The molecule has 3 aromatic rings. The topological polar surface area (TPSA) is 80.7 Å². The molecule has 22 heavy (non-hydrogen) atoms. The summed E-state index contributed by atoms with van der Waals surface area (Å²) in [6.07, 6.45) is 0. The van der Waals surface area contributed by atoms with Gasteiger partial charge < -0.3 is 9.47 Å². The quantitative estimate of drug-likeness (QED) is 0.561. The average Bonchev–Trinajstić information content (AvgIpc) is 3.18. The van der Waals surface area contributed by atoms with Gasteiger partial charge in [0.1, 0.15) is 5.01 Å². The normalized spacial score (nSPS) is 12.6. The summed E-state index contributed by atoms with van der Waals surface area (Å²) in [6.45, 7) is 0.234. The van der Waals surface area contributed by atoms with Crippen molar-refractivity contribution in [3.8, 4) is 22.1 Å². The first kappa shape index (κ1) is 13.1. The number of nitrogens with zero attached hydrogens (tertiary/aromatic N) is 1. The van der Waals surface area contributed by atoms with Gasteiger partial charge in [0.25, 0.3) is 5.91 Å². The van der Waals surface area contributed by atoms with Crippen molar-refractivity contribution >= 4 is 27.5 Å². The molecule has 110 valence electrons. The number of carbonyl (C=O) groups is 1. The van der Waals surface area contributed by atoms with Crippen LogP contribution >= 0.6 is 11.3 Å². The van der Waals surface area contributed by atoms with E-state index in [0.717, 1.165) is 26.5 Å². The van der Waals surface area contributed by atoms with E-state index in [4.69, 9.17) is 14.7 Å². The number of fused-ring (bicyclic) bond motifs is 2. The lowest BCUT2D eigenvalue weighted by Crippen LogP contribution is -2.18. The summed E-state index contributed by atoms with van der Waals surface area (Å²) in [6, 6.07) is 10.8. The standard InChI is InChI=1S/C15H10N2O4S/c18-14(17-19)8-1-3-10-13(6-8)22-15(16-10)9-2-4-11-12(5-9)21-7-20-11/h1-6,19H,7H2,(H,17,18). The van der Waals surface area contributed by atoms with Gasteiger partial charge >= 0.3 is 0 Å². The van der Waals surface area contributed by atoms with E-state index < -0.39 is 5.91 Å². The fraction of sp³-hybridized carbons (Fsp3) is 0.0667. The number of hydroxylamine groups is 1. The first-order chi connectivity index (χ1) is 10.7. The predicted molar refractivity (Wildman–Crippen MR) is 80.4 cm³/mol. The molecule has 1 aliphatic heterocycles. The van der Waals surface area contributed by atoms with Gasteiger partial charge in [-0.1, -0.05) is 0 Å². The van der Waals surface area contributed by atoms with Crippen molar-refractivity contribution in [2.75, 3.05) is 6.79 Å². The molecule has 1 aromatic heterocycles. The Bertz CT molecular complexity index is 890. The summed E-state index contributed by atoms with van der Waals surface area (Å²) in [4.78, 5) is 16.0.